The van der Waals surface area contributed by atoms with E-state index < -0.39 is 0 Å². The maximum Gasteiger partial charge on any atom is 0.0448 e. The molecule has 0 spiro atoms. The molecular weight excluding hydrogens is 186 g/mol. The highest BCUT2D eigenvalue weighted by molar-refractivity contribution is 5.16. The van der Waals surface area contributed by atoms with Gasteiger partial charge >= 0.3 is 0 Å². The molecule has 1 saturated carbocycles. The molecule has 82 valence electrons. The van der Waals surface area contributed by atoms with Crippen LogP contribution in [0.3, 0.4) is 0 Å². The number of benzene rings is 1. The molecule has 1 aromatic carbocycles. The van der Waals surface area contributed by atoms with E-state index in [1.807, 2.05) is 6.07 Å². The van der Waals surface area contributed by atoms with Gasteiger partial charge in [-0.2, -0.15) is 0 Å². The summed E-state index contributed by atoms with van der Waals surface area (Å²) in [5.41, 5.74) is 1.53. The summed E-state index contributed by atoms with van der Waals surface area (Å²) in [6, 6.07) is 10.4. The van der Waals surface area contributed by atoms with E-state index >= 15 is 0 Å². The highest BCUT2D eigenvalue weighted by Crippen LogP contribution is 2.45. The lowest BCUT2D eigenvalue weighted by molar-refractivity contribution is 0.252. The number of aliphatic hydroxyl groups excluding tert-OH is 1. The topological polar surface area (TPSA) is 32.3 Å². The lowest BCUT2D eigenvalue weighted by atomic mass is 10.1. The monoisotopic (exact) mass is 205 g/mol. The van der Waals surface area contributed by atoms with Gasteiger partial charge in [-0.05, 0) is 24.3 Å². The Morgan fingerprint density at radius 1 is 1.40 bits per heavy atom. The van der Waals surface area contributed by atoms with Gasteiger partial charge in [0.05, 0.1) is 0 Å². The maximum atomic E-state index is 9.02. The Bertz CT molecular complexity index is 312. The molecule has 1 aromatic rings. The van der Waals surface area contributed by atoms with Gasteiger partial charge in [-0.25, -0.2) is 0 Å². The third kappa shape index (κ3) is 2.39. The molecule has 0 radical (unpaired) electrons. The van der Waals surface area contributed by atoms with Gasteiger partial charge < -0.3 is 10.4 Å². The SMILES string of the molecule is CC1CC1(CCO)NCc1ccccc1. The molecule has 0 saturated heterocycles. The second-order valence-corrected chi connectivity index (χ2v) is 4.57. The Kier molecular flexibility index (Phi) is 3.08. The summed E-state index contributed by atoms with van der Waals surface area (Å²) in [5.74, 6) is 0.702. The second kappa shape index (κ2) is 4.33. The largest absolute Gasteiger partial charge is 0.396 e. The van der Waals surface area contributed by atoms with Crippen molar-refractivity contribution in [3.63, 3.8) is 0 Å². The molecule has 0 aromatic heterocycles. The van der Waals surface area contributed by atoms with Crippen LogP contribution in [0.5, 0.6) is 0 Å². The maximum absolute atomic E-state index is 9.02. The average Bonchev–Trinajstić information content (AvgIpc) is 2.89. The fraction of sp³-hybridized carbons (Fsp3) is 0.538. The number of nitrogens with one attached hydrogen (secondary N) is 1. The highest BCUT2D eigenvalue weighted by Gasteiger charge is 2.49. The molecule has 15 heavy (non-hydrogen) atoms. The standard InChI is InChI=1S/C13H19NO/c1-11-9-13(11,7-8-15)14-10-12-5-3-2-4-6-12/h2-6,11,14-15H,7-10H2,1H3. The van der Waals surface area contributed by atoms with E-state index in [-0.39, 0.29) is 12.1 Å². The van der Waals surface area contributed by atoms with E-state index in [0.29, 0.717) is 5.92 Å². The predicted molar refractivity (Wildman–Crippen MR) is 61.5 cm³/mol. The normalized spacial score (nSPS) is 29.1. The van der Waals surface area contributed by atoms with E-state index in [9.17, 15) is 0 Å². The Balaban J connectivity index is 1.88. The third-order valence-corrected chi connectivity index (χ3v) is 3.50. The van der Waals surface area contributed by atoms with Crippen LogP contribution < -0.4 is 5.32 Å². The van der Waals surface area contributed by atoms with Crippen molar-refractivity contribution < 1.29 is 5.11 Å². The summed E-state index contributed by atoms with van der Waals surface area (Å²) in [6.45, 7) is 3.44. The molecule has 2 nitrogen and oxygen atoms in total. The minimum atomic E-state index is 0.213. The van der Waals surface area contributed by atoms with Crippen molar-refractivity contribution in [2.75, 3.05) is 6.61 Å². The first-order valence-electron chi connectivity index (χ1n) is 5.67. The molecule has 1 aliphatic carbocycles. The number of rotatable bonds is 5. The quantitative estimate of drug-likeness (QED) is 0.770. The molecule has 1 fully saturated rings. The Morgan fingerprint density at radius 3 is 2.60 bits per heavy atom. The Hall–Kier alpha value is -0.860. The van der Waals surface area contributed by atoms with Crippen LogP contribution in [-0.4, -0.2) is 17.3 Å². The third-order valence-electron chi connectivity index (χ3n) is 3.50. The van der Waals surface area contributed by atoms with Crippen molar-refractivity contribution in [3.05, 3.63) is 35.9 Å². The van der Waals surface area contributed by atoms with Crippen LogP contribution in [0.4, 0.5) is 0 Å². The number of hydrogen-bond acceptors (Lipinski definition) is 2. The van der Waals surface area contributed by atoms with Crippen molar-refractivity contribution in [1.82, 2.24) is 5.32 Å². The molecule has 2 unspecified atom stereocenters. The summed E-state index contributed by atoms with van der Waals surface area (Å²) < 4.78 is 0. The fourth-order valence-electron chi connectivity index (χ4n) is 2.24. The fourth-order valence-corrected chi connectivity index (χ4v) is 2.24. The molecule has 2 N–H and O–H groups in total. The molecule has 0 aliphatic heterocycles. The predicted octanol–water partition coefficient (Wildman–Crippen LogP) is 1.94. The summed E-state index contributed by atoms with van der Waals surface area (Å²) >= 11 is 0. The molecule has 0 bridgehead atoms. The van der Waals surface area contributed by atoms with Crippen LogP contribution in [0.1, 0.15) is 25.3 Å². The van der Waals surface area contributed by atoms with E-state index in [0.717, 1.165) is 13.0 Å². The molecule has 2 heteroatoms. The van der Waals surface area contributed by atoms with E-state index in [1.165, 1.54) is 12.0 Å². The van der Waals surface area contributed by atoms with Crippen molar-refractivity contribution in [3.8, 4) is 0 Å². The Morgan fingerprint density at radius 2 is 2.07 bits per heavy atom. The van der Waals surface area contributed by atoms with Crippen LogP contribution >= 0.6 is 0 Å². The first-order valence-corrected chi connectivity index (χ1v) is 5.67. The van der Waals surface area contributed by atoms with Gasteiger partial charge in [0.2, 0.25) is 0 Å². The zero-order valence-electron chi connectivity index (χ0n) is 9.24. The lowest BCUT2D eigenvalue weighted by Gasteiger charge is -2.17. The van der Waals surface area contributed by atoms with Crippen LogP contribution in [0, 0.1) is 5.92 Å². The van der Waals surface area contributed by atoms with Gasteiger partial charge in [0, 0.05) is 18.7 Å². The zero-order chi connectivity index (χ0) is 10.7. The summed E-state index contributed by atoms with van der Waals surface area (Å²) in [4.78, 5) is 0. The van der Waals surface area contributed by atoms with Crippen LogP contribution in [0.25, 0.3) is 0 Å². The molecule has 2 atom stereocenters. The van der Waals surface area contributed by atoms with Gasteiger partial charge in [0.1, 0.15) is 0 Å². The van der Waals surface area contributed by atoms with Gasteiger partial charge in [-0.15, -0.1) is 0 Å². The van der Waals surface area contributed by atoms with Crippen LogP contribution in [-0.2, 0) is 6.54 Å². The summed E-state index contributed by atoms with van der Waals surface area (Å²) in [5, 5.41) is 12.6. The van der Waals surface area contributed by atoms with Gasteiger partial charge in [-0.1, -0.05) is 37.3 Å². The van der Waals surface area contributed by atoms with E-state index in [4.69, 9.17) is 5.11 Å². The zero-order valence-corrected chi connectivity index (χ0v) is 9.24. The highest BCUT2D eigenvalue weighted by atomic mass is 16.3. The van der Waals surface area contributed by atoms with Crippen molar-refractivity contribution in [2.45, 2.75) is 31.8 Å². The lowest BCUT2D eigenvalue weighted by Crippen LogP contribution is -2.33. The summed E-state index contributed by atoms with van der Waals surface area (Å²) in [6.07, 6.45) is 2.07. The minimum Gasteiger partial charge on any atom is -0.396 e. The molecule has 0 amide bonds. The minimum absolute atomic E-state index is 0.213. The smallest absolute Gasteiger partial charge is 0.0448 e. The first kappa shape index (κ1) is 10.7. The van der Waals surface area contributed by atoms with Gasteiger partial charge in [0.15, 0.2) is 0 Å². The molecule has 1 aliphatic rings. The van der Waals surface area contributed by atoms with E-state index in [1.54, 1.807) is 0 Å². The Labute approximate surface area is 91.3 Å². The molecular formula is C13H19NO. The van der Waals surface area contributed by atoms with Crippen LogP contribution in [0.15, 0.2) is 30.3 Å². The van der Waals surface area contributed by atoms with Gasteiger partial charge in [0.25, 0.3) is 0 Å². The van der Waals surface area contributed by atoms with Crippen molar-refractivity contribution >= 4 is 0 Å². The number of hydrogen-bond donors (Lipinski definition) is 2. The molecule has 2 rings (SSSR count). The average molecular weight is 205 g/mol. The van der Waals surface area contributed by atoms with Gasteiger partial charge in [-0.3, -0.25) is 0 Å². The number of aliphatic hydroxyl groups is 1. The van der Waals surface area contributed by atoms with E-state index in [2.05, 4.69) is 36.5 Å². The first-order chi connectivity index (χ1) is 7.27. The van der Waals surface area contributed by atoms with Crippen molar-refractivity contribution in [1.29, 1.82) is 0 Å². The summed E-state index contributed by atoms with van der Waals surface area (Å²) in [7, 11) is 0. The molecule has 0 heterocycles. The second-order valence-electron chi connectivity index (χ2n) is 4.57. The van der Waals surface area contributed by atoms with Crippen LogP contribution in [0.2, 0.25) is 0 Å². The van der Waals surface area contributed by atoms with Crippen molar-refractivity contribution in [2.24, 2.45) is 5.92 Å².